The molecule has 2 aromatic heterocycles. The van der Waals surface area contributed by atoms with Gasteiger partial charge in [0.1, 0.15) is 22.9 Å². The van der Waals surface area contributed by atoms with Crippen LogP contribution in [-0.4, -0.2) is 27.7 Å². The summed E-state index contributed by atoms with van der Waals surface area (Å²) >= 11 is 0. The average Bonchev–Trinajstić information content (AvgIpc) is 3.20. The molecule has 4 aromatic rings. The summed E-state index contributed by atoms with van der Waals surface area (Å²) in [6, 6.07) is 15.0. The van der Waals surface area contributed by atoms with Crippen molar-refractivity contribution in [1.82, 2.24) is 19.3 Å². The van der Waals surface area contributed by atoms with Crippen molar-refractivity contribution >= 4 is 32.4 Å². The third-order valence-corrected chi connectivity index (χ3v) is 6.83. The molecule has 9 heteroatoms. The highest BCUT2D eigenvalue weighted by atomic mass is 32.2. The number of hydrogen-bond donors (Lipinski definition) is 1. The Morgan fingerprint density at radius 2 is 1.77 bits per heavy atom. The molecule has 0 radical (unpaired) electrons. The minimum atomic E-state index is -4.01. The second-order valence-corrected chi connectivity index (χ2v) is 8.80. The Kier molecular flexibility index (Phi) is 4.41. The lowest BCUT2D eigenvalue weighted by molar-refractivity contribution is 0.425. The van der Waals surface area contributed by atoms with E-state index in [1.165, 1.54) is 28.8 Å². The van der Waals surface area contributed by atoms with Gasteiger partial charge in [-0.15, -0.1) is 0 Å². The Morgan fingerprint density at radius 3 is 2.63 bits per heavy atom. The lowest BCUT2D eigenvalue weighted by atomic mass is 10.2. The summed E-state index contributed by atoms with van der Waals surface area (Å²) in [6.07, 6.45) is 3.08. The smallest absolute Gasteiger partial charge is 0.246 e. The highest BCUT2D eigenvalue weighted by Gasteiger charge is 2.34. The van der Waals surface area contributed by atoms with Crippen molar-refractivity contribution in [3.8, 4) is 0 Å². The van der Waals surface area contributed by atoms with Crippen LogP contribution in [0.25, 0.3) is 10.9 Å². The van der Waals surface area contributed by atoms with Crippen molar-refractivity contribution in [3.63, 3.8) is 0 Å². The Hall–Kier alpha value is -3.43. The summed E-state index contributed by atoms with van der Waals surface area (Å²) < 4.78 is 41.2. The summed E-state index contributed by atoms with van der Waals surface area (Å²) in [5, 5.41) is 4.18. The van der Waals surface area contributed by atoms with Crippen molar-refractivity contribution in [3.05, 3.63) is 84.2 Å². The summed E-state index contributed by atoms with van der Waals surface area (Å²) in [5.74, 6) is -0.275. The Bertz CT molecular complexity index is 1380. The van der Waals surface area contributed by atoms with E-state index < -0.39 is 15.8 Å². The molecule has 30 heavy (non-hydrogen) atoms. The fourth-order valence-electron chi connectivity index (χ4n) is 3.50. The molecular formula is C21H16FN5O2S. The number of anilines is 2. The normalized spacial score (nSPS) is 14.0. The number of para-hydroxylation sites is 1. The molecule has 1 aliphatic rings. The van der Waals surface area contributed by atoms with Crippen LogP contribution < -0.4 is 5.32 Å². The van der Waals surface area contributed by atoms with Gasteiger partial charge in [-0.25, -0.2) is 22.8 Å². The van der Waals surface area contributed by atoms with Crippen LogP contribution in [0.2, 0.25) is 0 Å². The zero-order valence-corrected chi connectivity index (χ0v) is 16.5. The first-order chi connectivity index (χ1) is 14.5. The number of fused-ring (bicyclic) bond motifs is 2. The average molecular weight is 421 g/mol. The molecule has 5 rings (SSSR count). The molecule has 0 bridgehead atoms. The van der Waals surface area contributed by atoms with E-state index in [1.807, 2.05) is 30.3 Å². The predicted molar refractivity (Wildman–Crippen MR) is 110 cm³/mol. The summed E-state index contributed by atoms with van der Waals surface area (Å²) in [5.41, 5.74) is 2.84. The molecule has 0 spiro atoms. The van der Waals surface area contributed by atoms with Crippen LogP contribution in [0.4, 0.5) is 15.9 Å². The molecule has 3 heterocycles. The van der Waals surface area contributed by atoms with Gasteiger partial charge in [-0.3, -0.25) is 4.98 Å². The number of benzene rings is 2. The van der Waals surface area contributed by atoms with Crippen molar-refractivity contribution in [2.75, 3.05) is 5.32 Å². The van der Waals surface area contributed by atoms with Gasteiger partial charge in [0.25, 0.3) is 0 Å². The molecule has 0 amide bonds. The maximum Gasteiger partial charge on any atom is 0.246 e. The zero-order valence-electron chi connectivity index (χ0n) is 15.7. The van der Waals surface area contributed by atoms with Gasteiger partial charge in [0.2, 0.25) is 10.0 Å². The molecule has 1 N–H and O–H groups in total. The largest absolute Gasteiger partial charge is 0.339 e. The number of nitrogens with zero attached hydrogens (tertiary/aromatic N) is 4. The highest BCUT2D eigenvalue weighted by molar-refractivity contribution is 7.89. The van der Waals surface area contributed by atoms with Gasteiger partial charge in [-0.2, -0.15) is 4.31 Å². The molecule has 0 saturated carbocycles. The van der Waals surface area contributed by atoms with Gasteiger partial charge in [0, 0.05) is 17.5 Å². The van der Waals surface area contributed by atoms with E-state index in [9.17, 15) is 12.8 Å². The molecule has 7 nitrogen and oxygen atoms in total. The topological polar surface area (TPSA) is 88.1 Å². The molecule has 0 saturated heterocycles. The Balaban J connectivity index is 1.46. The first-order valence-electron chi connectivity index (χ1n) is 9.21. The monoisotopic (exact) mass is 421 g/mol. The van der Waals surface area contributed by atoms with Gasteiger partial charge in [-0.1, -0.05) is 30.3 Å². The van der Waals surface area contributed by atoms with Crippen molar-refractivity contribution in [1.29, 1.82) is 0 Å². The Morgan fingerprint density at radius 1 is 0.967 bits per heavy atom. The van der Waals surface area contributed by atoms with Crippen molar-refractivity contribution in [2.24, 2.45) is 0 Å². The number of hydrogen-bond acceptors (Lipinski definition) is 6. The van der Waals surface area contributed by atoms with E-state index in [0.717, 1.165) is 22.7 Å². The standard InChI is InChI=1S/C21H16FN5O2S/c22-17-6-2-4-8-20(17)30(28,29)27-11-16-19(12-27)24-13-25-21(16)26-15-9-14-5-1-3-7-18(14)23-10-15/h1-10,13H,11-12H2,(H,24,25,26). The van der Waals surface area contributed by atoms with Crippen LogP contribution in [0.1, 0.15) is 11.3 Å². The zero-order chi connectivity index (χ0) is 20.7. The maximum absolute atomic E-state index is 14.1. The molecule has 1 aliphatic heterocycles. The van der Waals surface area contributed by atoms with E-state index in [-0.39, 0.29) is 18.0 Å². The third kappa shape index (κ3) is 3.17. The van der Waals surface area contributed by atoms with E-state index in [2.05, 4.69) is 20.3 Å². The first-order valence-corrected chi connectivity index (χ1v) is 10.7. The van der Waals surface area contributed by atoms with E-state index in [4.69, 9.17) is 0 Å². The quantitative estimate of drug-likeness (QED) is 0.542. The van der Waals surface area contributed by atoms with E-state index >= 15 is 0 Å². The second kappa shape index (κ2) is 7.12. The van der Waals surface area contributed by atoms with Crippen LogP contribution in [0, 0.1) is 5.82 Å². The van der Waals surface area contributed by atoms with Crippen LogP contribution >= 0.6 is 0 Å². The molecule has 2 aromatic carbocycles. The lowest BCUT2D eigenvalue weighted by Crippen LogP contribution is -2.26. The van der Waals surface area contributed by atoms with Crippen LogP contribution in [0.15, 0.2) is 72.0 Å². The third-order valence-electron chi connectivity index (χ3n) is 5.00. The SMILES string of the molecule is O=S(=O)(c1ccccc1F)N1Cc2ncnc(Nc3cnc4ccccc4c3)c2C1. The molecule has 0 unspecified atom stereocenters. The van der Waals surface area contributed by atoms with Gasteiger partial charge in [-0.05, 0) is 24.3 Å². The minimum Gasteiger partial charge on any atom is -0.339 e. The van der Waals surface area contributed by atoms with Crippen LogP contribution in [-0.2, 0) is 23.1 Å². The first kappa shape index (κ1) is 18.6. The summed E-state index contributed by atoms with van der Waals surface area (Å²) in [7, 11) is -4.01. The summed E-state index contributed by atoms with van der Waals surface area (Å²) in [4.78, 5) is 12.6. The van der Waals surface area contributed by atoms with Gasteiger partial charge >= 0.3 is 0 Å². The number of pyridine rings is 1. The van der Waals surface area contributed by atoms with Crippen molar-refractivity contribution < 1.29 is 12.8 Å². The number of sulfonamides is 1. The number of aromatic nitrogens is 3. The highest BCUT2D eigenvalue weighted by Crippen LogP contribution is 2.32. The van der Waals surface area contributed by atoms with E-state index in [1.54, 1.807) is 6.20 Å². The number of halogens is 1. The lowest BCUT2D eigenvalue weighted by Gasteiger charge is -2.16. The van der Waals surface area contributed by atoms with Gasteiger partial charge < -0.3 is 5.32 Å². The van der Waals surface area contributed by atoms with Crippen molar-refractivity contribution in [2.45, 2.75) is 18.0 Å². The fourth-order valence-corrected chi connectivity index (χ4v) is 4.93. The maximum atomic E-state index is 14.1. The van der Waals surface area contributed by atoms with E-state index in [0.29, 0.717) is 17.1 Å². The van der Waals surface area contributed by atoms with Gasteiger partial charge in [0.15, 0.2) is 0 Å². The van der Waals surface area contributed by atoms with Gasteiger partial charge in [0.05, 0.1) is 29.6 Å². The molecule has 0 atom stereocenters. The van der Waals surface area contributed by atoms with Crippen LogP contribution in [0.3, 0.4) is 0 Å². The second-order valence-electron chi connectivity index (χ2n) is 6.89. The molecular weight excluding hydrogens is 405 g/mol. The minimum absolute atomic E-state index is 0.0518. The number of nitrogens with one attached hydrogen (secondary N) is 1. The molecule has 0 fully saturated rings. The predicted octanol–water partition coefficient (Wildman–Crippen LogP) is 3.61. The fraction of sp³-hybridized carbons (Fsp3) is 0.0952. The Labute approximate surface area is 172 Å². The molecule has 0 aliphatic carbocycles. The van der Waals surface area contributed by atoms with Crippen LogP contribution in [0.5, 0.6) is 0 Å². The molecule has 150 valence electrons. The summed E-state index contributed by atoms with van der Waals surface area (Å²) in [6.45, 7) is 0.107. The number of rotatable bonds is 4.